The summed E-state index contributed by atoms with van der Waals surface area (Å²) >= 11 is 0. The van der Waals surface area contributed by atoms with E-state index in [1.54, 1.807) is 0 Å². The van der Waals surface area contributed by atoms with E-state index in [-0.39, 0.29) is 17.6 Å². The van der Waals surface area contributed by atoms with Gasteiger partial charge in [-0.25, -0.2) is 4.79 Å². The van der Waals surface area contributed by atoms with Crippen molar-refractivity contribution in [2.75, 3.05) is 10.6 Å². The fourth-order valence-corrected chi connectivity index (χ4v) is 10.8. The van der Waals surface area contributed by atoms with E-state index in [0.717, 1.165) is 29.6 Å². The fourth-order valence-electron chi connectivity index (χ4n) is 10.8. The molecule has 0 radical (unpaired) electrons. The van der Waals surface area contributed by atoms with E-state index in [2.05, 4.69) is 72.1 Å². The molecule has 2 fully saturated rings. The molecule has 2 saturated carbocycles. The molecule has 0 heterocycles. The van der Waals surface area contributed by atoms with E-state index in [0.29, 0.717) is 22.2 Å². The van der Waals surface area contributed by atoms with Crippen molar-refractivity contribution in [3.8, 4) is 0 Å². The van der Waals surface area contributed by atoms with Crippen LogP contribution in [-0.2, 0) is 0 Å². The zero-order chi connectivity index (χ0) is 34.0. The largest absolute Gasteiger partial charge is 0.393 e. The molecule has 2 amide bonds. The Morgan fingerprint density at radius 1 is 0.830 bits per heavy atom. The lowest BCUT2D eigenvalue weighted by Crippen LogP contribution is -2.55. The fraction of sp³-hybridized carbons (Fsp3) is 0.605. The summed E-state index contributed by atoms with van der Waals surface area (Å²) in [7, 11) is 0. The molecule has 4 heteroatoms. The molecule has 4 aliphatic rings. The highest BCUT2D eigenvalue weighted by Crippen LogP contribution is 2.72. The van der Waals surface area contributed by atoms with Gasteiger partial charge in [-0.05, 0) is 142 Å². The molecule has 0 saturated heterocycles. The van der Waals surface area contributed by atoms with Gasteiger partial charge in [0.1, 0.15) is 0 Å². The van der Waals surface area contributed by atoms with Crippen molar-refractivity contribution in [3.63, 3.8) is 0 Å². The second-order valence-electron chi connectivity index (χ2n) is 16.9. The topological polar surface area (TPSA) is 61.4 Å². The number of fused-ring (bicyclic) bond motifs is 4. The number of carbonyl (C=O) groups is 1. The molecule has 256 valence electrons. The predicted molar refractivity (Wildman–Crippen MR) is 198 cm³/mol. The maximum absolute atomic E-state index is 11.6. The van der Waals surface area contributed by atoms with E-state index >= 15 is 0 Å². The molecule has 0 spiro atoms. The number of para-hydroxylation sites is 2. The minimum absolute atomic E-state index is 0.0465. The van der Waals surface area contributed by atoms with Crippen molar-refractivity contribution < 1.29 is 9.90 Å². The number of aliphatic hydroxyl groups is 1. The highest BCUT2D eigenvalue weighted by atomic mass is 16.3. The summed E-state index contributed by atoms with van der Waals surface area (Å²) in [6, 6.07) is 18.4. The quantitative estimate of drug-likeness (QED) is 0.276. The van der Waals surface area contributed by atoms with Gasteiger partial charge in [0.25, 0.3) is 0 Å². The number of hydrogen-bond acceptors (Lipinski definition) is 2. The van der Waals surface area contributed by atoms with Crippen LogP contribution in [0.25, 0.3) is 0 Å². The first-order valence-electron chi connectivity index (χ1n) is 18.4. The lowest BCUT2D eigenvalue weighted by molar-refractivity contribution is -0.0962. The van der Waals surface area contributed by atoms with E-state index in [1.165, 1.54) is 63.4 Å². The number of amides is 2. The first-order chi connectivity index (χ1) is 22.2. The number of anilines is 2. The minimum Gasteiger partial charge on any atom is -0.393 e. The molecule has 2 aromatic carbocycles. The monoisotopic (exact) mass is 638 g/mol. The Kier molecular flexibility index (Phi) is 10.5. The molecule has 0 aromatic heterocycles. The predicted octanol–water partition coefficient (Wildman–Crippen LogP) is 11.8. The van der Waals surface area contributed by atoms with Crippen LogP contribution >= 0.6 is 0 Å². The van der Waals surface area contributed by atoms with Crippen molar-refractivity contribution in [2.24, 2.45) is 39.4 Å². The molecule has 6 rings (SSSR count). The zero-order valence-electron chi connectivity index (χ0n) is 30.6. The minimum atomic E-state index is -0.239. The van der Waals surface area contributed by atoms with Gasteiger partial charge in [-0.1, -0.05) is 101 Å². The molecule has 4 aliphatic carbocycles. The highest BCUT2D eigenvalue weighted by Gasteiger charge is 2.63. The molecular weight excluding hydrogens is 576 g/mol. The number of rotatable bonds is 6. The van der Waals surface area contributed by atoms with Crippen LogP contribution < -0.4 is 10.6 Å². The van der Waals surface area contributed by atoms with Crippen LogP contribution in [0.4, 0.5) is 16.2 Å². The number of hydrogen-bond donors (Lipinski definition) is 3. The van der Waals surface area contributed by atoms with E-state index in [9.17, 15) is 9.90 Å². The van der Waals surface area contributed by atoms with E-state index in [1.807, 2.05) is 71.8 Å². The van der Waals surface area contributed by atoms with Gasteiger partial charge in [-0.2, -0.15) is 0 Å². The van der Waals surface area contributed by atoms with Gasteiger partial charge in [0.2, 0.25) is 0 Å². The first-order valence-corrected chi connectivity index (χ1v) is 18.4. The molecule has 3 N–H and O–H groups in total. The zero-order valence-corrected chi connectivity index (χ0v) is 30.6. The summed E-state index contributed by atoms with van der Waals surface area (Å²) in [6.07, 6.45) is 15.2. The van der Waals surface area contributed by atoms with Gasteiger partial charge in [-0.15, -0.1) is 0 Å². The Morgan fingerprint density at radius 3 is 2.00 bits per heavy atom. The molecule has 7 atom stereocenters. The summed E-state index contributed by atoms with van der Waals surface area (Å²) in [5.41, 5.74) is 7.96. The Labute approximate surface area is 285 Å². The maximum Gasteiger partial charge on any atom is 0.323 e. The second-order valence-corrected chi connectivity index (χ2v) is 16.9. The first kappa shape index (κ1) is 35.5. The highest BCUT2D eigenvalue weighted by molar-refractivity contribution is 5.99. The van der Waals surface area contributed by atoms with Gasteiger partial charge in [0, 0.05) is 11.4 Å². The smallest absolute Gasteiger partial charge is 0.323 e. The molecular formula is C43H62N2O2. The van der Waals surface area contributed by atoms with Crippen LogP contribution in [0.1, 0.15) is 120 Å². The lowest BCUT2D eigenvalue weighted by Gasteiger charge is -2.62. The Bertz CT molecular complexity index is 1400. The number of aliphatic hydroxyl groups excluding tert-OH is 1. The third-order valence-corrected chi connectivity index (χ3v) is 13.7. The molecule has 4 nitrogen and oxygen atoms in total. The Morgan fingerprint density at radius 2 is 1.43 bits per heavy atom. The SMILES string of the molecule is CC(C)=CCCC(C)C1CCC2(C)C3=C(CCC12C)C1(C)CCC(O)C(C)(C)C1CC3.O=C(Nc1ccccc1)Nc1ccccc1. The van der Waals surface area contributed by atoms with Crippen LogP contribution in [0.3, 0.4) is 0 Å². The van der Waals surface area contributed by atoms with Crippen molar-refractivity contribution >= 4 is 17.4 Å². The van der Waals surface area contributed by atoms with Gasteiger partial charge in [0.15, 0.2) is 0 Å². The summed E-state index contributed by atoms with van der Waals surface area (Å²) in [5, 5.41) is 16.3. The summed E-state index contributed by atoms with van der Waals surface area (Å²) in [5.74, 6) is 2.32. The van der Waals surface area contributed by atoms with Crippen molar-refractivity contribution in [3.05, 3.63) is 83.5 Å². The Hall–Kier alpha value is -2.85. The van der Waals surface area contributed by atoms with Crippen molar-refractivity contribution in [1.82, 2.24) is 0 Å². The third-order valence-electron chi connectivity index (χ3n) is 13.7. The lowest BCUT2D eigenvalue weighted by atomic mass is 9.43. The molecule has 0 aliphatic heterocycles. The Balaban J connectivity index is 0.000000227. The normalized spacial score (nSPS) is 32.8. The van der Waals surface area contributed by atoms with Gasteiger partial charge < -0.3 is 15.7 Å². The summed E-state index contributed by atoms with van der Waals surface area (Å²) < 4.78 is 0. The molecule has 2 aromatic rings. The van der Waals surface area contributed by atoms with Crippen LogP contribution in [0.2, 0.25) is 0 Å². The number of urea groups is 1. The van der Waals surface area contributed by atoms with Gasteiger partial charge in [0.05, 0.1) is 6.10 Å². The third kappa shape index (κ3) is 6.87. The average molecular weight is 639 g/mol. The average Bonchev–Trinajstić information content (AvgIpc) is 3.31. The van der Waals surface area contributed by atoms with Crippen LogP contribution in [0.5, 0.6) is 0 Å². The number of nitrogens with one attached hydrogen (secondary N) is 2. The van der Waals surface area contributed by atoms with Gasteiger partial charge in [-0.3, -0.25) is 0 Å². The van der Waals surface area contributed by atoms with Crippen LogP contribution in [-0.4, -0.2) is 17.2 Å². The van der Waals surface area contributed by atoms with Crippen LogP contribution in [0.15, 0.2) is 83.5 Å². The standard InChI is InChI=1S/C30H50O.C13H12N2O/c1-20(2)10-9-11-21(3)22-14-18-30(8)24-12-13-25-27(4,5)26(31)16-17-28(25,6)23(24)15-19-29(22,30)7;16-13(14-11-7-3-1-4-8-11)15-12-9-5-2-6-10-12/h10,21-22,25-26,31H,9,11-19H2,1-8H3;1-10H,(H2,14,15,16). The number of carbonyl (C=O) groups excluding carboxylic acids is 1. The molecule has 47 heavy (non-hydrogen) atoms. The second kappa shape index (κ2) is 13.9. The number of benzene rings is 2. The maximum atomic E-state index is 11.6. The van der Waals surface area contributed by atoms with Crippen molar-refractivity contribution in [1.29, 1.82) is 0 Å². The summed E-state index contributed by atoms with van der Waals surface area (Å²) in [4.78, 5) is 11.6. The molecule has 7 unspecified atom stereocenters. The summed E-state index contributed by atoms with van der Waals surface area (Å²) in [6.45, 7) is 19.6. The van der Waals surface area contributed by atoms with Crippen molar-refractivity contribution in [2.45, 2.75) is 126 Å². The number of allylic oxidation sites excluding steroid dienone is 4. The van der Waals surface area contributed by atoms with Crippen LogP contribution in [0, 0.1) is 39.4 Å². The van der Waals surface area contributed by atoms with Gasteiger partial charge >= 0.3 is 6.03 Å². The van der Waals surface area contributed by atoms with E-state index in [4.69, 9.17) is 0 Å². The molecule has 0 bridgehead atoms. The van der Waals surface area contributed by atoms with E-state index < -0.39 is 0 Å².